The van der Waals surface area contributed by atoms with Crippen molar-refractivity contribution < 1.29 is 27.1 Å². The average Bonchev–Trinajstić information content (AvgIpc) is 3.27. The van der Waals surface area contributed by atoms with Crippen LogP contribution in [0.15, 0.2) is 46.5 Å². The molecule has 5 N–H and O–H groups in total. The maximum atomic E-state index is 14.6. The molecule has 0 saturated heterocycles. The van der Waals surface area contributed by atoms with Crippen molar-refractivity contribution in [1.82, 2.24) is 15.5 Å². The van der Waals surface area contributed by atoms with Crippen LogP contribution in [0, 0.1) is 5.82 Å². The highest BCUT2D eigenvalue weighted by Gasteiger charge is 2.28. The number of anilines is 1. The Labute approximate surface area is 184 Å². The lowest BCUT2D eigenvalue weighted by Crippen LogP contribution is -2.34. The molecule has 0 unspecified atom stereocenters. The van der Waals surface area contributed by atoms with Gasteiger partial charge in [-0.25, -0.2) is 4.39 Å². The van der Waals surface area contributed by atoms with Crippen molar-refractivity contribution in [2.24, 2.45) is 15.7 Å². The van der Waals surface area contributed by atoms with Gasteiger partial charge >= 0.3 is 6.18 Å². The Bertz CT molecular complexity index is 1230. The van der Waals surface area contributed by atoms with E-state index in [2.05, 4.69) is 25.5 Å². The second kappa shape index (κ2) is 9.54. The number of carbonyl (C=O) groups is 1. The number of hydrogen-bond acceptors (Lipinski definition) is 4. The highest BCUT2D eigenvalue weighted by Crippen LogP contribution is 2.24. The number of aromatic amines is 1. The lowest BCUT2D eigenvalue weighted by Gasteiger charge is -2.13. The summed E-state index contributed by atoms with van der Waals surface area (Å²) in [6.45, 7) is -1.48. The van der Waals surface area contributed by atoms with Crippen molar-refractivity contribution in [3.05, 3.63) is 53.5 Å². The molecule has 0 aliphatic carbocycles. The number of nitrogens with two attached hydrogens (primary N) is 1. The van der Waals surface area contributed by atoms with Gasteiger partial charge in [-0.15, -0.1) is 0 Å². The third-order valence-electron chi connectivity index (χ3n) is 4.43. The Hall–Kier alpha value is -4.16. The molecule has 3 rings (SSSR count). The second-order valence-electron chi connectivity index (χ2n) is 6.64. The molecule has 2 aromatic carbocycles. The summed E-state index contributed by atoms with van der Waals surface area (Å²) in [6.07, 6.45) is -3.21. The number of H-pyrrole nitrogens is 1. The molecule has 0 radical (unpaired) electrons. The Morgan fingerprint density at radius 1 is 1.27 bits per heavy atom. The first-order valence-electron chi connectivity index (χ1n) is 9.36. The molecule has 33 heavy (non-hydrogen) atoms. The quantitative estimate of drug-likeness (QED) is 0.262. The summed E-state index contributed by atoms with van der Waals surface area (Å²) in [7, 11) is 2.67. The van der Waals surface area contributed by atoms with Gasteiger partial charge in [0.25, 0.3) is 5.91 Å². The van der Waals surface area contributed by atoms with E-state index in [4.69, 9.17) is 10.5 Å². The Morgan fingerprint density at radius 3 is 2.70 bits per heavy atom. The van der Waals surface area contributed by atoms with Crippen molar-refractivity contribution >= 4 is 34.3 Å². The smallest absolute Gasteiger partial charge is 0.405 e. The van der Waals surface area contributed by atoms with Gasteiger partial charge in [0, 0.05) is 12.6 Å². The van der Waals surface area contributed by atoms with E-state index in [0.717, 1.165) is 0 Å². The maximum Gasteiger partial charge on any atom is 0.405 e. The highest BCUT2D eigenvalue weighted by atomic mass is 19.4. The fourth-order valence-corrected chi connectivity index (χ4v) is 2.83. The number of amides is 1. The minimum absolute atomic E-state index is 0.00951. The molecule has 0 fully saturated rings. The summed E-state index contributed by atoms with van der Waals surface area (Å²) < 4.78 is 56.8. The van der Waals surface area contributed by atoms with Crippen LogP contribution in [0.4, 0.5) is 23.2 Å². The summed E-state index contributed by atoms with van der Waals surface area (Å²) >= 11 is 0. The molecular formula is C20H19F4N7O2. The topological polar surface area (TPSA) is 130 Å². The number of hydrogen-bond donors (Lipinski definition) is 4. The molecule has 1 aromatic heterocycles. The predicted octanol–water partition coefficient (Wildman–Crippen LogP) is 2.81. The zero-order chi connectivity index (χ0) is 24.2. The van der Waals surface area contributed by atoms with Crippen LogP contribution in [0.3, 0.4) is 0 Å². The monoisotopic (exact) mass is 465 g/mol. The van der Waals surface area contributed by atoms with Crippen molar-refractivity contribution in [2.45, 2.75) is 6.18 Å². The number of rotatable bonds is 5. The second-order valence-corrected chi connectivity index (χ2v) is 6.64. The van der Waals surface area contributed by atoms with Gasteiger partial charge in [0.15, 0.2) is 5.82 Å². The Morgan fingerprint density at radius 2 is 2.03 bits per heavy atom. The number of aromatic nitrogens is 2. The van der Waals surface area contributed by atoms with Gasteiger partial charge in [0.05, 0.1) is 35.5 Å². The van der Waals surface area contributed by atoms with Crippen molar-refractivity contribution in [3.8, 4) is 5.75 Å². The van der Waals surface area contributed by atoms with Gasteiger partial charge in [0.1, 0.15) is 18.1 Å². The highest BCUT2D eigenvalue weighted by molar-refractivity contribution is 6.09. The van der Waals surface area contributed by atoms with Crippen LogP contribution in [0.25, 0.3) is 10.9 Å². The van der Waals surface area contributed by atoms with E-state index >= 15 is 0 Å². The molecule has 1 heterocycles. The van der Waals surface area contributed by atoms with Crippen molar-refractivity contribution in [2.75, 3.05) is 26.0 Å². The number of halogens is 4. The molecule has 0 aliphatic rings. The van der Waals surface area contributed by atoms with Gasteiger partial charge in [-0.3, -0.25) is 14.9 Å². The molecule has 0 aliphatic heterocycles. The lowest BCUT2D eigenvalue weighted by atomic mass is 10.1. The first-order valence-corrected chi connectivity index (χ1v) is 9.36. The fraction of sp³-hybridized carbons (Fsp3) is 0.200. The zero-order valence-corrected chi connectivity index (χ0v) is 17.4. The van der Waals surface area contributed by atoms with E-state index in [9.17, 15) is 22.4 Å². The molecule has 0 atom stereocenters. The molecule has 1 amide bonds. The number of nitrogens with one attached hydrogen (secondary N) is 3. The van der Waals surface area contributed by atoms with E-state index in [1.54, 1.807) is 11.4 Å². The number of aliphatic imine (C=N–C) groups is 2. The van der Waals surface area contributed by atoms with E-state index in [1.165, 1.54) is 44.6 Å². The van der Waals surface area contributed by atoms with Gasteiger partial charge in [-0.05, 0) is 24.3 Å². The molecule has 0 saturated carbocycles. The number of nitrogens with zero attached hydrogens (tertiary/aromatic N) is 3. The van der Waals surface area contributed by atoms with E-state index in [1.807, 2.05) is 0 Å². The summed E-state index contributed by atoms with van der Waals surface area (Å²) in [6, 6.07) is 7.08. The number of fused-ring (bicyclic) bond motifs is 1. The standard InChI is InChI=1S/C20H19F4N7O2/c1-26-19(29-14-6-5-13-12(16(14)21)8-28-31-13)30-17(25)10-3-4-11(15(7-10)33-2)18(32)27-9-20(22,23)24/h3-8H,9H2,1-2H3,(H,27,32)(H,28,31)(H3,25,26,29,30). The first-order chi connectivity index (χ1) is 15.6. The van der Waals surface area contributed by atoms with Gasteiger partial charge < -0.3 is 21.1 Å². The van der Waals surface area contributed by atoms with E-state index < -0.39 is 24.4 Å². The summed E-state index contributed by atoms with van der Waals surface area (Å²) in [4.78, 5) is 20.1. The molecular weight excluding hydrogens is 446 g/mol. The first kappa shape index (κ1) is 23.5. The summed E-state index contributed by atoms with van der Waals surface area (Å²) in [5.41, 5.74) is 6.81. The maximum absolute atomic E-state index is 14.6. The Balaban J connectivity index is 1.82. The minimum Gasteiger partial charge on any atom is -0.496 e. The molecule has 3 aromatic rings. The van der Waals surface area contributed by atoms with Crippen LogP contribution >= 0.6 is 0 Å². The predicted molar refractivity (Wildman–Crippen MR) is 115 cm³/mol. The molecule has 9 nitrogen and oxygen atoms in total. The summed E-state index contributed by atoms with van der Waals surface area (Å²) in [5, 5.41) is 11.2. The number of alkyl halides is 3. The van der Waals surface area contributed by atoms with Gasteiger partial charge in [-0.1, -0.05) is 6.07 Å². The largest absolute Gasteiger partial charge is 0.496 e. The van der Waals surface area contributed by atoms with Crippen molar-refractivity contribution in [3.63, 3.8) is 0 Å². The number of benzene rings is 2. The van der Waals surface area contributed by atoms with Crippen LogP contribution in [0.1, 0.15) is 15.9 Å². The molecule has 174 valence electrons. The van der Waals surface area contributed by atoms with Crippen LogP contribution in [0.2, 0.25) is 0 Å². The minimum atomic E-state index is -4.55. The summed E-state index contributed by atoms with van der Waals surface area (Å²) in [5.74, 6) is -1.61. The molecule has 13 heteroatoms. The van der Waals surface area contributed by atoms with E-state index in [-0.39, 0.29) is 34.2 Å². The van der Waals surface area contributed by atoms with Crippen LogP contribution < -0.4 is 21.1 Å². The number of ether oxygens (including phenoxy) is 1. The van der Waals surface area contributed by atoms with Gasteiger partial charge in [-0.2, -0.15) is 23.3 Å². The number of guanidine groups is 1. The third-order valence-corrected chi connectivity index (χ3v) is 4.43. The zero-order valence-electron chi connectivity index (χ0n) is 17.4. The number of amidine groups is 1. The number of methoxy groups -OCH3 is 1. The molecule has 0 bridgehead atoms. The SMILES string of the molecule is CN=C(N=C(N)c1ccc(C(=O)NCC(F)(F)F)c(OC)c1)Nc1ccc2[nH]ncc2c1F. The number of carbonyl (C=O) groups excluding carboxylic acids is 1. The van der Waals surface area contributed by atoms with E-state index in [0.29, 0.717) is 11.1 Å². The molecule has 0 spiro atoms. The van der Waals surface area contributed by atoms with Crippen LogP contribution in [-0.4, -0.2) is 54.8 Å². The Kier molecular flexibility index (Phi) is 6.80. The average molecular weight is 465 g/mol. The third kappa shape index (κ3) is 5.56. The fourth-order valence-electron chi connectivity index (χ4n) is 2.83. The lowest BCUT2D eigenvalue weighted by molar-refractivity contribution is -0.123. The van der Waals surface area contributed by atoms with Crippen molar-refractivity contribution in [1.29, 1.82) is 0 Å². The van der Waals surface area contributed by atoms with Crippen LogP contribution in [0.5, 0.6) is 5.75 Å². The van der Waals surface area contributed by atoms with Crippen LogP contribution in [-0.2, 0) is 0 Å². The van der Waals surface area contributed by atoms with Gasteiger partial charge in [0.2, 0.25) is 5.96 Å². The normalized spacial score (nSPS) is 12.7.